The molecule has 0 fully saturated rings. The lowest BCUT2D eigenvalue weighted by atomic mass is 10.1. The molecule has 0 unspecified atom stereocenters. The van der Waals surface area contributed by atoms with Gasteiger partial charge in [-0.3, -0.25) is 4.79 Å². The fourth-order valence-electron chi connectivity index (χ4n) is 1.59. The maximum absolute atomic E-state index is 10.8. The first-order valence-corrected chi connectivity index (χ1v) is 5.77. The lowest BCUT2D eigenvalue weighted by Gasteiger charge is -2.01. The number of carbonyl (C=O) groups is 1. The Morgan fingerprint density at radius 1 is 1.50 bits per heavy atom. The van der Waals surface area contributed by atoms with E-state index in [0.717, 1.165) is 28.6 Å². The monoisotopic (exact) mass is 222 g/mol. The van der Waals surface area contributed by atoms with Crippen LogP contribution in [0.3, 0.4) is 0 Å². The van der Waals surface area contributed by atoms with E-state index < -0.39 is 0 Å². The highest BCUT2D eigenvalue weighted by atomic mass is 32.1. The first-order chi connectivity index (χ1) is 6.77. The van der Waals surface area contributed by atoms with Crippen molar-refractivity contribution in [1.29, 1.82) is 0 Å². The van der Waals surface area contributed by atoms with Crippen molar-refractivity contribution in [1.82, 2.24) is 0 Å². The van der Waals surface area contributed by atoms with Gasteiger partial charge in [-0.2, -0.15) is 0 Å². The molecule has 1 heterocycles. The van der Waals surface area contributed by atoms with E-state index >= 15 is 0 Å². The third-order valence-corrected chi connectivity index (χ3v) is 3.91. The van der Waals surface area contributed by atoms with E-state index in [1.165, 1.54) is 10.3 Å². The number of hydrogen-bond acceptors (Lipinski definition) is 3. The molecule has 2 aromatic rings. The Morgan fingerprint density at radius 3 is 2.93 bits per heavy atom. The quantitative estimate of drug-likeness (QED) is 0.607. The maximum atomic E-state index is 10.8. The van der Waals surface area contributed by atoms with Gasteiger partial charge in [0.25, 0.3) is 0 Å². The highest BCUT2D eigenvalue weighted by Crippen LogP contribution is 2.33. The molecule has 0 amide bonds. The standard InChI is InChI=1S/C11H10OS2/c1-2-7-3-4-8(5-12)10-9(13)6-14-11(7)10/h3-6,13H,2H2,1H3. The number of thiophene rings is 1. The zero-order chi connectivity index (χ0) is 10.1. The van der Waals surface area contributed by atoms with Gasteiger partial charge >= 0.3 is 0 Å². The second kappa shape index (κ2) is 3.75. The van der Waals surface area contributed by atoms with Gasteiger partial charge in [-0.1, -0.05) is 19.1 Å². The van der Waals surface area contributed by atoms with E-state index in [1.54, 1.807) is 11.3 Å². The number of rotatable bonds is 2. The molecule has 72 valence electrons. The molecule has 1 aromatic carbocycles. The van der Waals surface area contributed by atoms with E-state index in [2.05, 4.69) is 19.6 Å². The van der Waals surface area contributed by atoms with Crippen LogP contribution in [0.1, 0.15) is 22.8 Å². The number of aldehydes is 1. The van der Waals surface area contributed by atoms with Gasteiger partial charge in [-0.15, -0.1) is 24.0 Å². The van der Waals surface area contributed by atoms with Gasteiger partial charge in [0.15, 0.2) is 6.29 Å². The van der Waals surface area contributed by atoms with Crippen LogP contribution in [-0.2, 0) is 6.42 Å². The summed E-state index contributed by atoms with van der Waals surface area (Å²) in [6.45, 7) is 2.12. The van der Waals surface area contributed by atoms with Crippen molar-refractivity contribution in [3.05, 3.63) is 28.6 Å². The van der Waals surface area contributed by atoms with E-state index in [9.17, 15) is 4.79 Å². The molecule has 1 nitrogen and oxygen atoms in total. The number of hydrogen-bond donors (Lipinski definition) is 1. The summed E-state index contributed by atoms with van der Waals surface area (Å²) in [5.41, 5.74) is 2.03. The Kier molecular flexibility index (Phi) is 2.61. The van der Waals surface area contributed by atoms with E-state index in [4.69, 9.17) is 0 Å². The van der Waals surface area contributed by atoms with Gasteiger partial charge in [-0.05, 0) is 12.0 Å². The number of carbonyl (C=O) groups excluding carboxylic acids is 1. The van der Waals surface area contributed by atoms with Crippen LogP contribution in [0, 0.1) is 0 Å². The molecule has 0 aliphatic carbocycles. The second-order valence-corrected chi connectivity index (χ2v) is 4.47. The van der Waals surface area contributed by atoms with Crippen LogP contribution in [0.2, 0.25) is 0 Å². The van der Waals surface area contributed by atoms with Crippen molar-refractivity contribution in [3.8, 4) is 0 Å². The van der Waals surface area contributed by atoms with Gasteiger partial charge in [0.2, 0.25) is 0 Å². The summed E-state index contributed by atoms with van der Waals surface area (Å²) in [6, 6.07) is 3.90. The fourth-order valence-corrected chi connectivity index (χ4v) is 3.12. The molecule has 0 aliphatic rings. The van der Waals surface area contributed by atoms with Crippen molar-refractivity contribution in [2.45, 2.75) is 18.2 Å². The normalized spacial score (nSPS) is 10.7. The molecule has 0 radical (unpaired) electrons. The minimum Gasteiger partial charge on any atom is -0.298 e. The summed E-state index contributed by atoms with van der Waals surface area (Å²) in [6.07, 6.45) is 1.89. The van der Waals surface area contributed by atoms with E-state index in [0.29, 0.717) is 0 Å². The smallest absolute Gasteiger partial charge is 0.150 e. The minimum absolute atomic E-state index is 0.739. The van der Waals surface area contributed by atoms with E-state index in [-0.39, 0.29) is 0 Å². The van der Waals surface area contributed by atoms with E-state index in [1.807, 2.05) is 17.5 Å². The molecule has 0 bridgehead atoms. The van der Waals surface area contributed by atoms with Gasteiger partial charge in [0, 0.05) is 25.9 Å². The predicted octanol–water partition coefficient (Wildman–Crippen LogP) is 3.56. The molecule has 0 saturated carbocycles. The summed E-state index contributed by atoms with van der Waals surface area (Å²) >= 11 is 6.02. The molecule has 2 rings (SSSR count). The third kappa shape index (κ3) is 1.37. The van der Waals surface area contributed by atoms with Crippen molar-refractivity contribution in [3.63, 3.8) is 0 Å². The molecule has 0 atom stereocenters. The third-order valence-electron chi connectivity index (χ3n) is 2.32. The molecule has 0 saturated heterocycles. The summed E-state index contributed by atoms with van der Waals surface area (Å²) in [4.78, 5) is 11.7. The number of benzene rings is 1. The highest BCUT2D eigenvalue weighted by molar-refractivity contribution is 7.80. The summed E-state index contributed by atoms with van der Waals surface area (Å²) < 4.78 is 1.20. The van der Waals surface area contributed by atoms with Gasteiger partial charge in [0.1, 0.15) is 0 Å². The average Bonchev–Trinajstić information content (AvgIpc) is 2.60. The Hall–Kier alpha value is -0.800. The molecule has 0 aliphatic heterocycles. The Labute approximate surface area is 92.2 Å². The van der Waals surface area contributed by atoms with Crippen molar-refractivity contribution in [2.75, 3.05) is 0 Å². The van der Waals surface area contributed by atoms with Crippen LogP contribution in [0.4, 0.5) is 0 Å². The zero-order valence-corrected chi connectivity index (χ0v) is 9.49. The molecular formula is C11H10OS2. The molecule has 3 heteroatoms. The highest BCUT2D eigenvalue weighted by Gasteiger charge is 2.09. The first-order valence-electron chi connectivity index (χ1n) is 4.45. The number of fused-ring (bicyclic) bond motifs is 1. The van der Waals surface area contributed by atoms with Gasteiger partial charge in [0.05, 0.1) is 0 Å². The maximum Gasteiger partial charge on any atom is 0.150 e. The Balaban J connectivity index is 2.87. The van der Waals surface area contributed by atoms with Crippen molar-refractivity contribution < 1.29 is 4.79 Å². The zero-order valence-electron chi connectivity index (χ0n) is 7.78. The van der Waals surface area contributed by atoms with Crippen molar-refractivity contribution in [2.24, 2.45) is 0 Å². The fraction of sp³-hybridized carbons (Fsp3) is 0.182. The lowest BCUT2D eigenvalue weighted by molar-refractivity contribution is 0.112. The second-order valence-electron chi connectivity index (χ2n) is 3.11. The molecular weight excluding hydrogens is 212 g/mol. The van der Waals surface area contributed by atoms with Crippen LogP contribution in [-0.4, -0.2) is 6.29 Å². The molecule has 0 N–H and O–H groups in total. The number of thiol groups is 1. The summed E-state index contributed by atoms with van der Waals surface area (Å²) in [5, 5.41) is 2.99. The summed E-state index contributed by atoms with van der Waals surface area (Å²) in [7, 11) is 0. The SMILES string of the molecule is CCc1ccc(C=O)c2c(S)csc12. The Morgan fingerprint density at radius 2 is 2.29 bits per heavy atom. The average molecular weight is 222 g/mol. The molecule has 14 heavy (non-hydrogen) atoms. The van der Waals surface area contributed by atoms with Gasteiger partial charge < -0.3 is 0 Å². The Bertz CT molecular complexity index is 485. The minimum atomic E-state index is 0.739. The molecule has 1 aromatic heterocycles. The predicted molar refractivity (Wildman–Crippen MR) is 63.8 cm³/mol. The van der Waals surface area contributed by atoms with Crippen LogP contribution < -0.4 is 0 Å². The van der Waals surface area contributed by atoms with Crippen LogP contribution >= 0.6 is 24.0 Å². The lowest BCUT2D eigenvalue weighted by Crippen LogP contribution is -1.86. The number of aryl methyl sites for hydroxylation is 1. The van der Waals surface area contributed by atoms with Crippen molar-refractivity contribution >= 4 is 40.3 Å². The van der Waals surface area contributed by atoms with Gasteiger partial charge in [-0.25, -0.2) is 0 Å². The summed E-state index contributed by atoms with van der Waals surface area (Å²) in [5.74, 6) is 0. The van der Waals surface area contributed by atoms with Crippen LogP contribution in [0.5, 0.6) is 0 Å². The largest absolute Gasteiger partial charge is 0.298 e. The topological polar surface area (TPSA) is 17.1 Å². The van der Waals surface area contributed by atoms with Crippen LogP contribution in [0.25, 0.3) is 10.1 Å². The first kappa shape index (κ1) is 9.74. The van der Waals surface area contributed by atoms with Crippen LogP contribution in [0.15, 0.2) is 22.4 Å². The molecule has 0 spiro atoms.